The number of hydrogen-bond acceptors (Lipinski definition) is 2. The number of aryl methyl sites for hydroxylation is 2. The summed E-state index contributed by atoms with van der Waals surface area (Å²) >= 11 is 0. The Kier molecular flexibility index (Phi) is 4.42. The van der Waals surface area contributed by atoms with Gasteiger partial charge in [0.2, 0.25) is 0 Å². The van der Waals surface area contributed by atoms with Crippen LogP contribution < -0.4 is 5.32 Å². The molecule has 1 aliphatic carbocycles. The fourth-order valence-corrected chi connectivity index (χ4v) is 3.78. The lowest BCUT2D eigenvalue weighted by molar-refractivity contribution is 0.0152. The average molecular weight is 273 g/mol. The van der Waals surface area contributed by atoms with Crippen LogP contribution in [0.3, 0.4) is 0 Å². The van der Waals surface area contributed by atoms with E-state index in [4.69, 9.17) is 4.74 Å². The van der Waals surface area contributed by atoms with Crippen LogP contribution in [-0.2, 0) is 24.0 Å². The Balaban J connectivity index is 1.75. The predicted octanol–water partition coefficient (Wildman–Crippen LogP) is 3.12. The Hall–Kier alpha value is -0.860. The van der Waals surface area contributed by atoms with Gasteiger partial charge < -0.3 is 10.1 Å². The predicted molar refractivity (Wildman–Crippen MR) is 83.2 cm³/mol. The van der Waals surface area contributed by atoms with Gasteiger partial charge in [-0.3, -0.25) is 0 Å². The third-order valence-corrected chi connectivity index (χ3v) is 5.05. The zero-order chi connectivity index (χ0) is 13.8. The monoisotopic (exact) mass is 273 g/mol. The van der Waals surface area contributed by atoms with Crippen LogP contribution in [0.1, 0.15) is 42.9 Å². The lowest BCUT2D eigenvalue weighted by Crippen LogP contribution is -2.40. The summed E-state index contributed by atoms with van der Waals surface area (Å²) in [5, 5.41) is 3.58. The van der Waals surface area contributed by atoms with Gasteiger partial charge in [0.25, 0.3) is 0 Å². The van der Waals surface area contributed by atoms with Crippen molar-refractivity contribution in [2.24, 2.45) is 5.41 Å². The second-order valence-electron chi connectivity index (χ2n) is 6.53. The van der Waals surface area contributed by atoms with Crippen molar-refractivity contribution < 1.29 is 4.74 Å². The summed E-state index contributed by atoms with van der Waals surface area (Å²) in [6.45, 7) is 6.24. The highest BCUT2D eigenvalue weighted by atomic mass is 16.5. The van der Waals surface area contributed by atoms with E-state index in [-0.39, 0.29) is 0 Å². The van der Waals surface area contributed by atoms with Crippen LogP contribution in [0.4, 0.5) is 0 Å². The van der Waals surface area contributed by atoms with E-state index in [1.807, 2.05) is 0 Å². The molecule has 1 fully saturated rings. The summed E-state index contributed by atoms with van der Waals surface area (Å²) < 4.78 is 5.59. The first-order chi connectivity index (χ1) is 9.81. The van der Waals surface area contributed by atoms with Gasteiger partial charge in [-0.25, -0.2) is 0 Å². The molecule has 0 bridgehead atoms. The van der Waals surface area contributed by atoms with Crippen molar-refractivity contribution in [2.75, 3.05) is 26.3 Å². The van der Waals surface area contributed by atoms with E-state index < -0.39 is 0 Å². The lowest BCUT2D eigenvalue weighted by Gasteiger charge is -2.37. The van der Waals surface area contributed by atoms with E-state index in [1.54, 1.807) is 11.1 Å². The van der Waals surface area contributed by atoms with Crippen molar-refractivity contribution in [2.45, 2.75) is 45.4 Å². The minimum absolute atomic E-state index is 0.404. The fraction of sp³-hybridized carbons (Fsp3) is 0.667. The molecule has 2 aliphatic rings. The maximum absolute atomic E-state index is 5.59. The van der Waals surface area contributed by atoms with E-state index in [1.165, 1.54) is 44.1 Å². The summed E-state index contributed by atoms with van der Waals surface area (Å²) in [4.78, 5) is 0. The third kappa shape index (κ3) is 3.07. The molecule has 0 unspecified atom stereocenters. The zero-order valence-corrected chi connectivity index (χ0v) is 12.7. The van der Waals surface area contributed by atoms with E-state index in [9.17, 15) is 0 Å². The molecule has 20 heavy (non-hydrogen) atoms. The first kappa shape index (κ1) is 14.1. The van der Waals surface area contributed by atoms with Gasteiger partial charge >= 0.3 is 0 Å². The molecule has 0 spiro atoms. The van der Waals surface area contributed by atoms with Crippen molar-refractivity contribution in [3.63, 3.8) is 0 Å². The highest BCUT2D eigenvalue weighted by Crippen LogP contribution is 2.35. The van der Waals surface area contributed by atoms with Crippen molar-refractivity contribution in [3.8, 4) is 0 Å². The summed E-state index contributed by atoms with van der Waals surface area (Å²) in [6, 6.07) is 7.22. The molecule has 1 saturated heterocycles. The Labute approximate surface area is 122 Å². The third-order valence-electron chi connectivity index (χ3n) is 5.05. The van der Waals surface area contributed by atoms with Gasteiger partial charge in [0.05, 0.1) is 0 Å². The van der Waals surface area contributed by atoms with Crippen LogP contribution in [-0.4, -0.2) is 26.3 Å². The zero-order valence-electron chi connectivity index (χ0n) is 12.7. The first-order valence-electron chi connectivity index (χ1n) is 8.20. The highest BCUT2D eigenvalue weighted by molar-refractivity contribution is 5.35. The second kappa shape index (κ2) is 6.28. The molecule has 0 aromatic heterocycles. The van der Waals surface area contributed by atoms with Crippen molar-refractivity contribution in [1.82, 2.24) is 5.32 Å². The van der Waals surface area contributed by atoms with Crippen molar-refractivity contribution >= 4 is 0 Å². The number of ether oxygens (including phenoxy) is 1. The molecular formula is C18H27NO. The molecule has 0 radical (unpaired) electrons. The Bertz CT molecular complexity index is 449. The van der Waals surface area contributed by atoms with Gasteiger partial charge in [-0.2, -0.15) is 0 Å². The van der Waals surface area contributed by atoms with Crippen LogP contribution in [0.2, 0.25) is 0 Å². The van der Waals surface area contributed by atoms with Gasteiger partial charge in [-0.1, -0.05) is 25.1 Å². The molecule has 3 rings (SSSR count). The number of hydrogen-bond donors (Lipinski definition) is 1. The Morgan fingerprint density at radius 2 is 1.95 bits per heavy atom. The minimum Gasteiger partial charge on any atom is -0.381 e. The molecule has 0 amide bonds. The molecule has 2 heteroatoms. The topological polar surface area (TPSA) is 21.3 Å². The highest BCUT2D eigenvalue weighted by Gasteiger charge is 2.32. The molecular weight excluding hydrogens is 246 g/mol. The second-order valence-corrected chi connectivity index (χ2v) is 6.53. The normalized spacial score (nSPS) is 20.9. The summed E-state index contributed by atoms with van der Waals surface area (Å²) in [7, 11) is 0. The molecule has 1 N–H and O–H groups in total. The van der Waals surface area contributed by atoms with Crippen LogP contribution in [0.25, 0.3) is 0 Å². The Morgan fingerprint density at radius 1 is 1.15 bits per heavy atom. The fourth-order valence-electron chi connectivity index (χ4n) is 3.78. The largest absolute Gasteiger partial charge is 0.381 e. The molecule has 1 heterocycles. The SMILES string of the molecule is CCNCC1(Cc2ccc3c(c2)CCC3)CCOCC1. The smallest absolute Gasteiger partial charge is 0.0471 e. The minimum atomic E-state index is 0.404. The maximum atomic E-state index is 5.59. The van der Waals surface area contributed by atoms with Gasteiger partial charge in [0.1, 0.15) is 0 Å². The van der Waals surface area contributed by atoms with Gasteiger partial charge in [0.15, 0.2) is 0 Å². The van der Waals surface area contributed by atoms with E-state index in [0.717, 1.165) is 26.3 Å². The van der Waals surface area contributed by atoms with Gasteiger partial charge in [-0.05, 0) is 67.2 Å². The van der Waals surface area contributed by atoms with Crippen molar-refractivity contribution in [1.29, 1.82) is 0 Å². The molecule has 2 nitrogen and oxygen atoms in total. The van der Waals surface area contributed by atoms with E-state index >= 15 is 0 Å². The summed E-state index contributed by atoms with van der Waals surface area (Å²) in [5.41, 5.74) is 5.13. The van der Waals surface area contributed by atoms with Crippen molar-refractivity contribution in [3.05, 3.63) is 34.9 Å². The lowest BCUT2D eigenvalue weighted by atomic mass is 9.75. The van der Waals surface area contributed by atoms with Crippen LogP contribution >= 0.6 is 0 Å². The van der Waals surface area contributed by atoms with E-state index in [2.05, 4.69) is 30.4 Å². The van der Waals surface area contributed by atoms with Gasteiger partial charge in [0, 0.05) is 19.8 Å². The average Bonchev–Trinajstić information content (AvgIpc) is 2.94. The van der Waals surface area contributed by atoms with Crippen LogP contribution in [0, 0.1) is 5.41 Å². The quantitative estimate of drug-likeness (QED) is 0.890. The number of nitrogens with one attached hydrogen (secondary N) is 1. The summed E-state index contributed by atoms with van der Waals surface area (Å²) in [5.74, 6) is 0. The molecule has 0 saturated carbocycles. The number of fused-ring (bicyclic) bond motifs is 1. The standard InChI is InChI=1S/C18H27NO/c1-2-19-14-18(8-10-20-11-9-18)13-15-6-7-16-4-3-5-17(16)12-15/h6-7,12,19H,2-5,8-11,13-14H2,1H3. The van der Waals surface area contributed by atoms with Crippen LogP contribution in [0.15, 0.2) is 18.2 Å². The number of rotatable bonds is 5. The van der Waals surface area contributed by atoms with Gasteiger partial charge in [-0.15, -0.1) is 0 Å². The van der Waals surface area contributed by atoms with E-state index in [0.29, 0.717) is 5.41 Å². The molecule has 1 aromatic carbocycles. The molecule has 1 aliphatic heterocycles. The summed E-state index contributed by atoms with van der Waals surface area (Å²) in [6.07, 6.45) is 7.50. The molecule has 0 atom stereocenters. The Morgan fingerprint density at radius 3 is 2.75 bits per heavy atom. The molecule has 110 valence electrons. The number of benzene rings is 1. The molecule has 1 aromatic rings. The first-order valence-corrected chi connectivity index (χ1v) is 8.20. The maximum Gasteiger partial charge on any atom is 0.0471 e. The van der Waals surface area contributed by atoms with Crippen LogP contribution in [0.5, 0.6) is 0 Å².